The molecule has 17 heavy (non-hydrogen) atoms. The first-order valence-corrected chi connectivity index (χ1v) is 6.55. The highest BCUT2D eigenvalue weighted by Crippen LogP contribution is 2.17. The number of anilines is 1. The normalized spacial score (nSPS) is 12.4. The molecule has 2 rings (SSSR count). The van der Waals surface area contributed by atoms with Crippen LogP contribution in [0.5, 0.6) is 0 Å². The molecule has 2 aromatic rings. The first kappa shape index (κ1) is 12.0. The minimum atomic E-state index is 0.365. The van der Waals surface area contributed by atoms with E-state index in [0.29, 0.717) is 6.04 Å². The van der Waals surface area contributed by atoms with E-state index in [1.807, 2.05) is 18.3 Å². The number of nitrogens with zero attached hydrogens (tertiary/aromatic N) is 2. The summed E-state index contributed by atoms with van der Waals surface area (Å²) < 4.78 is 0. The summed E-state index contributed by atoms with van der Waals surface area (Å²) in [5.74, 6) is 0.853. The average molecular weight is 247 g/mol. The summed E-state index contributed by atoms with van der Waals surface area (Å²) >= 11 is 1.85. The molecule has 1 unspecified atom stereocenters. The van der Waals surface area contributed by atoms with Gasteiger partial charge in [0.05, 0.1) is 11.9 Å². The Kier molecular flexibility index (Phi) is 3.74. The molecule has 0 saturated heterocycles. The highest BCUT2D eigenvalue weighted by Gasteiger charge is 2.06. The first-order chi connectivity index (χ1) is 8.13. The number of nitrogens with one attached hydrogen (secondary N) is 1. The van der Waals surface area contributed by atoms with Crippen LogP contribution < -0.4 is 5.32 Å². The summed E-state index contributed by atoms with van der Waals surface area (Å²) in [6, 6.07) is 4.73. The molecule has 0 fully saturated rings. The molecule has 0 aromatic carbocycles. The van der Waals surface area contributed by atoms with Crippen LogP contribution in [-0.2, 0) is 6.42 Å². The van der Waals surface area contributed by atoms with Crippen molar-refractivity contribution in [3.05, 3.63) is 40.0 Å². The fraction of sp³-hybridized carbons (Fsp3) is 0.385. The lowest BCUT2D eigenvalue weighted by Gasteiger charge is -2.13. The zero-order chi connectivity index (χ0) is 12.3. The minimum Gasteiger partial charge on any atom is -0.366 e. The molecule has 0 aliphatic heterocycles. The van der Waals surface area contributed by atoms with Crippen molar-refractivity contribution in [1.29, 1.82) is 0 Å². The Balaban J connectivity index is 1.95. The third-order valence-electron chi connectivity index (χ3n) is 2.45. The van der Waals surface area contributed by atoms with Gasteiger partial charge in [0, 0.05) is 28.4 Å². The summed E-state index contributed by atoms with van der Waals surface area (Å²) in [6.07, 6.45) is 4.55. The van der Waals surface area contributed by atoms with Gasteiger partial charge in [0.2, 0.25) is 0 Å². The van der Waals surface area contributed by atoms with Crippen molar-refractivity contribution in [1.82, 2.24) is 9.97 Å². The van der Waals surface area contributed by atoms with Gasteiger partial charge in [0.15, 0.2) is 0 Å². The van der Waals surface area contributed by atoms with Gasteiger partial charge in [-0.05, 0) is 32.9 Å². The van der Waals surface area contributed by atoms with Crippen molar-refractivity contribution in [3.8, 4) is 0 Å². The maximum atomic E-state index is 4.39. The van der Waals surface area contributed by atoms with E-state index >= 15 is 0 Å². The van der Waals surface area contributed by atoms with E-state index in [2.05, 4.69) is 41.3 Å². The van der Waals surface area contributed by atoms with Crippen LogP contribution in [0, 0.1) is 13.8 Å². The maximum absolute atomic E-state index is 4.39. The van der Waals surface area contributed by atoms with Crippen LogP contribution >= 0.6 is 11.3 Å². The molecule has 3 nitrogen and oxygen atoms in total. The smallest absolute Gasteiger partial charge is 0.145 e. The molecule has 0 radical (unpaired) electrons. The molecule has 0 aliphatic rings. The van der Waals surface area contributed by atoms with Crippen molar-refractivity contribution in [2.24, 2.45) is 0 Å². The molecule has 1 atom stereocenters. The second-order valence-electron chi connectivity index (χ2n) is 4.31. The Bertz CT molecular complexity index is 493. The van der Waals surface area contributed by atoms with Gasteiger partial charge in [0.25, 0.3) is 0 Å². The average Bonchev–Trinajstić information content (AvgIpc) is 2.63. The molecule has 0 aliphatic carbocycles. The van der Waals surface area contributed by atoms with Gasteiger partial charge in [-0.2, -0.15) is 0 Å². The predicted octanol–water partition coefficient (Wildman–Crippen LogP) is 3.20. The largest absolute Gasteiger partial charge is 0.366 e. The van der Waals surface area contributed by atoms with Crippen molar-refractivity contribution in [2.45, 2.75) is 33.2 Å². The standard InChI is InChI=1S/C13H17N3S/c1-9(6-12-5-4-11(3)17-12)15-13-8-14-7-10(2)16-13/h4-5,7-9H,6H2,1-3H3,(H,15,16). The van der Waals surface area contributed by atoms with E-state index < -0.39 is 0 Å². The first-order valence-electron chi connectivity index (χ1n) is 5.74. The number of aryl methyl sites for hydroxylation is 2. The molecular formula is C13H17N3S. The van der Waals surface area contributed by atoms with E-state index in [1.54, 1.807) is 12.4 Å². The van der Waals surface area contributed by atoms with Crippen molar-refractivity contribution < 1.29 is 0 Å². The molecule has 0 saturated carbocycles. The topological polar surface area (TPSA) is 37.8 Å². The van der Waals surface area contributed by atoms with Crippen LogP contribution in [0.2, 0.25) is 0 Å². The van der Waals surface area contributed by atoms with Crippen LogP contribution in [-0.4, -0.2) is 16.0 Å². The molecule has 2 heterocycles. The van der Waals surface area contributed by atoms with Crippen LogP contribution in [0.1, 0.15) is 22.4 Å². The van der Waals surface area contributed by atoms with Crippen LogP contribution in [0.4, 0.5) is 5.82 Å². The Hall–Kier alpha value is -1.42. The molecular weight excluding hydrogens is 230 g/mol. The third-order valence-corrected chi connectivity index (χ3v) is 3.48. The Labute approximate surface area is 106 Å². The van der Waals surface area contributed by atoms with Gasteiger partial charge >= 0.3 is 0 Å². The number of rotatable bonds is 4. The van der Waals surface area contributed by atoms with E-state index in [9.17, 15) is 0 Å². The fourth-order valence-electron chi connectivity index (χ4n) is 1.73. The molecule has 1 N–H and O–H groups in total. The van der Waals surface area contributed by atoms with Crippen LogP contribution in [0.3, 0.4) is 0 Å². The zero-order valence-electron chi connectivity index (χ0n) is 10.4. The lowest BCUT2D eigenvalue weighted by Crippen LogP contribution is -2.18. The van der Waals surface area contributed by atoms with Gasteiger partial charge in [-0.1, -0.05) is 0 Å². The summed E-state index contributed by atoms with van der Waals surface area (Å²) in [7, 11) is 0. The van der Waals surface area contributed by atoms with Crippen molar-refractivity contribution in [2.75, 3.05) is 5.32 Å². The second kappa shape index (κ2) is 5.27. The van der Waals surface area contributed by atoms with Gasteiger partial charge in [-0.3, -0.25) is 4.98 Å². The van der Waals surface area contributed by atoms with E-state index in [4.69, 9.17) is 0 Å². The number of aromatic nitrogens is 2. The summed E-state index contributed by atoms with van der Waals surface area (Å²) in [6.45, 7) is 6.25. The number of thiophene rings is 1. The molecule has 0 bridgehead atoms. The summed E-state index contributed by atoms with van der Waals surface area (Å²) in [5.41, 5.74) is 0.939. The Morgan fingerprint density at radius 2 is 2.12 bits per heavy atom. The van der Waals surface area contributed by atoms with E-state index in [-0.39, 0.29) is 0 Å². The maximum Gasteiger partial charge on any atom is 0.145 e. The van der Waals surface area contributed by atoms with Gasteiger partial charge in [-0.15, -0.1) is 11.3 Å². The quantitative estimate of drug-likeness (QED) is 0.901. The second-order valence-corrected chi connectivity index (χ2v) is 5.68. The lowest BCUT2D eigenvalue weighted by atomic mass is 10.2. The molecule has 90 valence electrons. The van der Waals surface area contributed by atoms with Crippen molar-refractivity contribution in [3.63, 3.8) is 0 Å². The summed E-state index contributed by atoms with van der Waals surface area (Å²) in [4.78, 5) is 11.3. The van der Waals surface area contributed by atoms with Crippen molar-refractivity contribution >= 4 is 17.2 Å². The van der Waals surface area contributed by atoms with Gasteiger partial charge in [0.1, 0.15) is 5.82 Å². The minimum absolute atomic E-state index is 0.365. The molecule has 0 spiro atoms. The SMILES string of the molecule is Cc1cncc(NC(C)Cc2ccc(C)s2)n1. The highest BCUT2D eigenvalue weighted by atomic mass is 32.1. The molecule has 0 amide bonds. The number of hydrogen-bond donors (Lipinski definition) is 1. The highest BCUT2D eigenvalue weighted by molar-refractivity contribution is 7.11. The fourth-order valence-corrected chi connectivity index (χ4v) is 2.75. The van der Waals surface area contributed by atoms with Crippen LogP contribution in [0.15, 0.2) is 24.5 Å². The molecule has 2 aromatic heterocycles. The zero-order valence-corrected chi connectivity index (χ0v) is 11.2. The Morgan fingerprint density at radius 3 is 2.76 bits per heavy atom. The predicted molar refractivity (Wildman–Crippen MR) is 72.6 cm³/mol. The monoisotopic (exact) mass is 247 g/mol. The number of hydrogen-bond acceptors (Lipinski definition) is 4. The van der Waals surface area contributed by atoms with E-state index in [1.165, 1.54) is 9.75 Å². The third kappa shape index (κ3) is 3.53. The summed E-state index contributed by atoms with van der Waals surface area (Å²) in [5, 5.41) is 3.37. The van der Waals surface area contributed by atoms with E-state index in [0.717, 1.165) is 17.9 Å². The lowest BCUT2D eigenvalue weighted by molar-refractivity contribution is 0.791. The van der Waals surface area contributed by atoms with Gasteiger partial charge in [-0.25, -0.2) is 4.98 Å². The van der Waals surface area contributed by atoms with Gasteiger partial charge < -0.3 is 5.32 Å². The van der Waals surface area contributed by atoms with Crippen LogP contribution in [0.25, 0.3) is 0 Å². The Morgan fingerprint density at radius 1 is 1.29 bits per heavy atom. The molecule has 4 heteroatoms.